The number of nitrogens with one attached hydrogen (secondary N) is 1. The first-order valence-electron chi connectivity index (χ1n) is 9.67. The van der Waals surface area contributed by atoms with E-state index in [4.69, 9.17) is 4.74 Å². The quantitative estimate of drug-likeness (QED) is 0.583. The third kappa shape index (κ3) is 3.52. The highest BCUT2D eigenvalue weighted by Crippen LogP contribution is 2.30. The third-order valence-electron chi connectivity index (χ3n) is 5.28. The number of hydrogen-bond acceptors (Lipinski definition) is 5. The van der Waals surface area contributed by atoms with Crippen LogP contribution in [0.5, 0.6) is 0 Å². The number of aromatic nitrogens is 4. The molecule has 1 aliphatic heterocycles. The molecule has 0 aromatic carbocycles. The monoisotopic (exact) mass is 387 g/mol. The van der Waals surface area contributed by atoms with Gasteiger partial charge in [-0.25, -0.2) is 4.98 Å². The Morgan fingerprint density at radius 2 is 2.03 bits per heavy atom. The molecule has 0 unspecified atom stereocenters. The summed E-state index contributed by atoms with van der Waals surface area (Å²) in [5.41, 5.74) is 4.70. The van der Waals surface area contributed by atoms with Crippen LogP contribution in [-0.4, -0.2) is 45.8 Å². The predicted octanol–water partition coefficient (Wildman–Crippen LogP) is 2.67. The van der Waals surface area contributed by atoms with Crippen molar-refractivity contribution in [1.82, 2.24) is 19.5 Å². The molecule has 0 saturated carbocycles. The normalized spacial score (nSPS) is 14.4. The van der Waals surface area contributed by atoms with Gasteiger partial charge in [0.1, 0.15) is 5.65 Å². The summed E-state index contributed by atoms with van der Waals surface area (Å²) < 4.78 is 7.13. The molecule has 7 heteroatoms. The summed E-state index contributed by atoms with van der Waals surface area (Å²) in [5, 5.41) is 1.01. The van der Waals surface area contributed by atoms with Gasteiger partial charge in [-0.05, 0) is 29.3 Å². The minimum Gasteiger partial charge on any atom is -0.378 e. The van der Waals surface area contributed by atoms with Crippen LogP contribution in [0.1, 0.15) is 5.56 Å². The number of nitrogens with zero attached hydrogens (tertiary/aromatic N) is 4. The van der Waals surface area contributed by atoms with Gasteiger partial charge in [-0.3, -0.25) is 9.78 Å². The first-order valence-corrected chi connectivity index (χ1v) is 9.67. The zero-order valence-electron chi connectivity index (χ0n) is 15.9. The van der Waals surface area contributed by atoms with Crippen LogP contribution in [0.15, 0.2) is 66.1 Å². The van der Waals surface area contributed by atoms with Gasteiger partial charge in [-0.15, -0.1) is 0 Å². The lowest BCUT2D eigenvalue weighted by Crippen LogP contribution is -2.36. The maximum absolute atomic E-state index is 12.7. The van der Waals surface area contributed by atoms with Crippen LogP contribution in [0.2, 0.25) is 0 Å². The highest BCUT2D eigenvalue weighted by molar-refractivity contribution is 5.95. The fourth-order valence-electron chi connectivity index (χ4n) is 3.72. The average Bonchev–Trinajstić information content (AvgIpc) is 3.20. The number of pyridine rings is 3. The van der Waals surface area contributed by atoms with Crippen LogP contribution in [0.4, 0.5) is 5.69 Å². The Morgan fingerprint density at radius 1 is 1.14 bits per heavy atom. The van der Waals surface area contributed by atoms with Gasteiger partial charge in [0.25, 0.3) is 5.56 Å². The summed E-state index contributed by atoms with van der Waals surface area (Å²) in [6.45, 7) is 3.68. The van der Waals surface area contributed by atoms with Crippen molar-refractivity contribution in [2.24, 2.45) is 0 Å². The minimum absolute atomic E-state index is 0.0435. The zero-order chi connectivity index (χ0) is 19.6. The second-order valence-corrected chi connectivity index (χ2v) is 7.13. The molecule has 146 valence electrons. The fourth-order valence-corrected chi connectivity index (χ4v) is 3.72. The highest BCUT2D eigenvalue weighted by Gasteiger charge is 2.15. The molecule has 29 heavy (non-hydrogen) atoms. The van der Waals surface area contributed by atoms with Gasteiger partial charge in [0.05, 0.1) is 31.6 Å². The molecular formula is C22H21N5O2. The van der Waals surface area contributed by atoms with Crippen molar-refractivity contribution in [3.05, 3.63) is 77.2 Å². The Bertz CT molecular complexity index is 1190. The molecule has 0 atom stereocenters. The number of rotatable bonds is 4. The number of fused-ring (bicyclic) bond motifs is 1. The molecule has 0 bridgehead atoms. The Hall–Kier alpha value is -3.45. The molecule has 4 aromatic rings. The first-order chi connectivity index (χ1) is 14.3. The smallest absolute Gasteiger partial charge is 0.251 e. The summed E-state index contributed by atoms with van der Waals surface area (Å²) in [6, 6.07) is 9.63. The van der Waals surface area contributed by atoms with Gasteiger partial charge >= 0.3 is 0 Å². The van der Waals surface area contributed by atoms with Crippen molar-refractivity contribution < 1.29 is 4.74 Å². The Balaban J connectivity index is 1.48. The van der Waals surface area contributed by atoms with E-state index in [9.17, 15) is 4.79 Å². The zero-order valence-corrected chi connectivity index (χ0v) is 15.9. The summed E-state index contributed by atoms with van der Waals surface area (Å²) in [4.78, 5) is 26.9. The van der Waals surface area contributed by atoms with E-state index in [-0.39, 0.29) is 5.56 Å². The minimum atomic E-state index is -0.0435. The van der Waals surface area contributed by atoms with E-state index in [2.05, 4.69) is 25.9 Å². The molecule has 7 nitrogen and oxygen atoms in total. The van der Waals surface area contributed by atoms with Crippen molar-refractivity contribution in [2.75, 3.05) is 31.2 Å². The van der Waals surface area contributed by atoms with Crippen LogP contribution in [-0.2, 0) is 11.3 Å². The van der Waals surface area contributed by atoms with Gasteiger partial charge < -0.3 is 19.2 Å². The molecular weight excluding hydrogens is 366 g/mol. The van der Waals surface area contributed by atoms with Crippen LogP contribution < -0.4 is 10.5 Å². The van der Waals surface area contributed by atoms with E-state index >= 15 is 0 Å². The molecule has 1 fully saturated rings. The van der Waals surface area contributed by atoms with Crippen molar-refractivity contribution in [3.8, 4) is 11.1 Å². The fraction of sp³-hybridized carbons (Fsp3) is 0.227. The third-order valence-corrected chi connectivity index (χ3v) is 5.28. The van der Waals surface area contributed by atoms with E-state index in [0.717, 1.165) is 59.7 Å². The number of anilines is 1. The number of hydrogen-bond donors (Lipinski definition) is 1. The van der Waals surface area contributed by atoms with Crippen LogP contribution in [0.25, 0.3) is 22.2 Å². The number of H-pyrrole nitrogens is 1. The summed E-state index contributed by atoms with van der Waals surface area (Å²) in [6.07, 6.45) is 9.15. The van der Waals surface area contributed by atoms with Crippen molar-refractivity contribution in [1.29, 1.82) is 0 Å². The molecule has 1 saturated heterocycles. The number of aromatic amines is 1. The Kier molecular flexibility index (Phi) is 4.57. The maximum Gasteiger partial charge on any atom is 0.251 e. The predicted molar refractivity (Wildman–Crippen MR) is 112 cm³/mol. The summed E-state index contributed by atoms with van der Waals surface area (Å²) in [5.74, 6) is 0. The molecule has 5 heterocycles. The van der Waals surface area contributed by atoms with E-state index < -0.39 is 0 Å². The van der Waals surface area contributed by atoms with Crippen molar-refractivity contribution >= 4 is 16.7 Å². The molecule has 4 aromatic heterocycles. The topological polar surface area (TPSA) is 76.0 Å². The SMILES string of the molecule is O=c1cc(-c2c[nH]c3ncc(N4CCOCC4)cc23)ccn1Cc1cccnc1. The molecule has 0 aliphatic carbocycles. The lowest BCUT2D eigenvalue weighted by atomic mass is 10.1. The van der Waals surface area contributed by atoms with Crippen LogP contribution >= 0.6 is 0 Å². The maximum atomic E-state index is 12.7. The second-order valence-electron chi connectivity index (χ2n) is 7.13. The number of ether oxygens (including phenoxy) is 1. The van der Waals surface area contributed by atoms with Crippen LogP contribution in [0.3, 0.4) is 0 Å². The number of morpholine rings is 1. The van der Waals surface area contributed by atoms with Crippen molar-refractivity contribution in [2.45, 2.75) is 6.54 Å². The summed E-state index contributed by atoms with van der Waals surface area (Å²) >= 11 is 0. The second kappa shape index (κ2) is 7.52. The van der Waals surface area contributed by atoms with E-state index in [1.165, 1.54) is 0 Å². The molecule has 0 amide bonds. The average molecular weight is 387 g/mol. The van der Waals surface area contributed by atoms with Gasteiger partial charge in [0.2, 0.25) is 0 Å². The van der Waals surface area contributed by atoms with Crippen molar-refractivity contribution in [3.63, 3.8) is 0 Å². The molecule has 0 radical (unpaired) electrons. The lowest BCUT2D eigenvalue weighted by molar-refractivity contribution is 0.122. The van der Waals surface area contributed by atoms with Crippen LogP contribution in [0, 0.1) is 0 Å². The largest absolute Gasteiger partial charge is 0.378 e. The van der Waals surface area contributed by atoms with Gasteiger partial charge in [0, 0.05) is 54.9 Å². The first kappa shape index (κ1) is 17.6. The molecule has 1 aliphatic rings. The molecule has 0 spiro atoms. The summed E-state index contributed by atoms with van der Waals surface area (Å²) in [7, 11) is 0. The van der Waals surface area contributed by atoms with E-state index in [1.807, 2.05) is 36.8 Å². The van der Waals surface area contributed by atoms with E-state index in [0.29, 0.717) is 6.54 Å². The molecule has 5 rings (SSSR count). The van der Waals surface area contributed by atoms with Gasteiger partial charge in [-0.1, -0.05) is 6.07 Å². The Morgan fingerprint density at radius 3 is 2.83 bits per heavy atom. The highest BCUT2D eigenvalue weighted by atomic mass is 16.5. The molecule has 1 N–H and O–H groups in total. The van der Waals surface area contributed by atoms with Gasteiger partial charge in [0.15, 0.2) is 0 Å². The Labute approximate surface area is 167 Å². The van der Waals surface area contributed by atoms with Gasteiger partial charge in [-0.2, -0.15) is 0 Å². The van der Waals surface area contributed by atoms with E-state index in [1.54, 1.807) is 23.0 Å². The lowest BCUT2D eigenvalue weighted by Gasteiger charge is -2.28. The standard InChI is InChI=1S/C22H21N5O2/c28-21-10-17(3-5-27(21)15-16-2-1-4-23-12-16)20-14-25-22-19(20)11-18(13-24-22)26-6-8-29-9-7-26/h1-5,10-14H,6-9,15H2,(H,24,25).